The predicted octanol–water partition coefficient (Wildman–Crippen LogP) is 3.24. The van der Waals surface area contributed by atoms with E-state index in [1.54, 1.807) is 0 Å². The molecule has 0 heterocycles. The summed E-state index contributed by atoms with van der Waals surface area (Å²) in [6.07, 6.45) is 3.91. The molecule has 0 saturated carbocycles. The molecule has 0 aliphatic heterocycles. The van der Waals surface area contributed by atoms with Gasteiger partial charge in [-0.1, -0.05) is 45.8 Å². The Kier molecular flexibility index (Phi) is 18.1. The third-order valence-corrected chi connectivity index (χ3v) is 5.43. The van der Waals surface area contributed by atoms with Crippen molar-refractivity contribution in [1.82, 2.24) is 0 Å². The average Bonchev–Trinajstić information content (AvgIpc) is 2.70. The minimum atomic E-state index is -4.10. The molecule has 9 nitrogen and oxygen atoms in total. The molecule has 0 fully saturated rings. The molecule has 0 radical (unpaired) electrons. The molecular weight excluding hydrogens is 480 g/mol. The average molecular weight is 519 g/mol. The van der Waals surface area contributed by atoms with E-state index in [9.17, 15) is 22.8 Å². The monoisotopic (exact) mass is 518 g/mol. The van der Waals surface area contributed by atoms with Crippen LogP contribution in [0.1, 0.15) is 68.6 Å². The van der Waals surface area contributed by atoms with Gasteiger partial charge in [0.05, 0.1) is 12.4 Å². The topological polar surface area (TPSA) is 133 Å². The fourth-order valence-electron chi connectivity index (χ4n) is 2.65. The molecule has 0 spiro atoms. The Morgan fingerprint density at radius 3 is 1.82 bits per heavy atom. The van der Waals surface area contributed by atoms with Crippen LogP contribution in [0.3, 0.4) is 0 Å². The van der Waals surface area contributed by atoms with E-state index in [0.717, 1.165) is 19.3 Å². The predicted molar refractivity (Wildman–Crippen MR) is 127 cm³/mol. The van der Waals surface area contributed by atoms with Crippen molar-refractivity contribution in [3.05, 3.63) is 24.3 Å². The minimum Gasteiger partial charge on any atom is -1.00 e. The standard InChI is InChI=1S/C22H36O9S.Ca.2H/c1-6-7-8-9-12-22(15-30-19(23)17(2)3,16-31-20(24)18(4)5)21(25)29-13-10-11-14-32(26,27)28;;;/h2,4,6-16H2,1,3,5H3,(H,26,27,28);;;/q;+2;2*-1. The first kappa shape index (κ1) is 34.2. The van der Waals surface area contributed by atoms with E-state index in [1.165, 1.54) is 13.8 Å². The largest absolute Gasteiger partial charge is 2.00 e. The van der Waals surface area contributed by atoms with Crippen molar-refractivity contribution in [2.45, 2.75) is 65.7 Å². The second-order valence-electron chi connectivity index (χ2n) is 7.93. The van der Waals surface area contributed by atoms with Crippen LogP contribution in [0.4, 0.5) is 0 Å². The van der Waals surface area contributed by atoms with Gasteiger partial charge in [-0.25, -0.2) is 9.59 Å². The summed E-state index contributed by atoms with van der Waals surface area (Å²) in [5.74, 6) is -2.53. The van der Waals surface area contributed by atoms with E-state index in [1.807, 2.05) is 6.92 Å². The number of carbonyl (C=O) groups excluding carboxylic acids is 3. The first-order valence-electron chi connectivity index (χ1n) is 10.6. The summed E-state index contributed by atoms with van der Waals surface area (Å²) in [5.41, 5.74) is -1.11. The SMILES string of the molecule is C=C(C)C(=O)OCC(CCCCCC)(COC(=O)C(=C)C)C(=O)OCCCCS(=O)(=O)O.[Ca+2].[H-].[H-]. The maximum atomic E-state index is 13.0. The Morgan fingerprint density at radius 1 is 0.879 bits per heavy atom. The molecule has 0 atom stereocenters. The van der Waals surface area contributed by atoms with Crippen LogP contribution in [0.2, 0.25) is 0 Å². The molecule has 0 saturated heterocycles. The van der Waals surface area contributed by atoms with Crippen LogP contribution < -0.4 is 0 Å². The zero-order chi connectivity index (χ0) is 24.8. The van der Waals surface area contributed by atoms with Gasteiger partial charge in [0.25, 0.3) is 10.1 Å². The van der Waals surface area contributed by atoms with Crippen LogP contribution in [0.25, 0.3) is 0 Å². The van der Waals surface area contributed by atoms with Crippen molar-refractivity contribution >= 4 is 65.8 Å². The molecule has 11 heteroatoms. The second kappa shape index (κ2) is 17.5. The van der Waals surface area contributed by atoms with Crippen molar-refractivity contribution in [2.24, 2.45) is 5.41 Å². The molecule has 0 aliphatic carbocycles. The molecule has 0 aliphatic rings. The minimum absolute atomic E-state index is 0. The Bertz CT molecular complexity index is 756. The maximum absolute atomic E-state index is 13.0. The van der Waals surface area contributed by atoms with Crippen molar-refractivity contribution < 1.29 is 44.4 Å². The Labute approximate surface area is 230 Å². The summed E-state index contributed by atoms with van der Waals surface area (Å²) >= 11 is 0. The maximum Gasteiger partial charge on any atom is 2.00 e. The van der Waals surface area contributed by atoms with Gasteiger partial charge < -0.3 is 17.1 Å². The molecule has 1 N–H and O–H groups in total. The summed E-state index contributed by atoms with van der Waals surface area (Å²) in [5, 5.41) is 0. The van der Waals surface area contributed by atoms with Crippen LogP contribution in [-0.4, -0.2) is 94.2 Å². The molecule has 0 rings (SSSR count). The first-order valence-corrected chi connectivity index (χ1v) is 12.2. The summed E-state index contributed by atoms with van der Waals surface area (Å²) in [7, 11) is -4.10. The van der Waals surface area contributed by atoms with E-state index >= 15 is 0 Å². The molecule has 33 heavy (non-hydrogen) atoms. The molecule has 0 aromatic carbocycles. The van der Waals surface area contributed by atoms with Crippen LogP contribution in [0.15, 0.2) is 24.3 Å². The van der Waals surface area contributed by atoms with Crippen LogP contribution in [0.5, 0.6) is 0 Å². The van der Waals surface area contributed by atoms with E-state index in [-0.39, 0.29) is 90.8 Å². The van der Waals surface area contributed by atoms with Crippen LogP contribution >= 0.6 is 0 Å². The number of esters is 3. The number of rotatable bonds is 17. The number of hydrogen-bond donors (Lipinski definition) is 1. The zero-order valence-electron chi connectivity index (χ0n) is 22.0. The van der Waals surface area contributed by atoms with Crippen molar-refractivity contribution in [2.75, 3.05) is 25.6 Å². The number of unbranched alkanes of at least 4 members (excludes halogenated alkanes) is 4. The normalized spacial score (nSPS) is 11.2. The van der Waals surface area contributed by atoms with Gasteiger partial charge in [-0.05, 0) is 33.1 Å². The van der Waals surface area contributed by atoms with Gasteiger partial charge in [0.1, 0.15) is 18.6 Å². The molecule has 0 unspecified atom stereocenters. The molecule has 0 amide bonds. The fourth-order valence-corrected chi connectivity index (χ4v) is 3.22. The summed E-state index contributed by atoms with van der Waals surface area (Å²) in [6, 6.07) is 0. The summed E-state index contributed by atoms with van der Waals surface area (Å²) in [6.45, 7) is 11.2. The van der Waals surface area contributed by atoms with E-state index in [4.69, 9.17) is 18.8 Å². The summed E-state index contributed by atoms with van der Waals surface area (Å²) < 4.78 is 46.2. The quantitative estimate of drug-likeness (QED) is 0.0769. The number of carbonyl (C=O) groups is 3. The van der Waals surface area contributed by atoms with E-state index < -0.39 is 39.2 Å². The van der Waals surface area contributed by atoms with Crippen molar-refractivity contribution in [1.29, 1.82) is 0 Å². The van der Waals surface area contributed by atoms with Gasteiger partial charge >= 0.3 is 55.6 Å². The summed E-state index contributed by atoms with van der Waals surface area (Å²) in [4.78, 5) is 36.9. The van der Waals surface area contributed by atoms with Gasteiger partial charge in [-0.15, -0.1) is 0 Å². The van der Waals surface area contributed by atoms with Crippen molar-refractivity contribution in [3.63, 3.8) is 0 Å². The molecule has 188 valence electrons. The zero-order valence-corrected chi connectivity index (χ0v) is 23.0. The fraction of sp³-hybridized carbons (Fsp3) is 0.682. The number of ether oxygens (including phenoxy) is 3. The van der Waals surface area contributed by atoms with Crippen molar-refractivity contribution in [3.8, 4) is 0 Å². The second-order valence-corrected chi connectivity index (χ2v) is 9.51. The molecule has 0 aromatic rings. The third-order valence-electron chi connectivity index (χ3n) is 4.63. The third kappa shape index (κ3) is 15.6. The van der Waals surface area contributed by atoms with E-state index in [2.05, 4.69) is 13.2 Å². The smallest absolute Gasteiger partial charge is 1.00 e. The van der Waals surface area contributed by atoms with Gasteiger partial charge in [0.2, 0.25) is 0 Å². The molecule has 0 bridgehead atoms. The van der Waals surface area contributed by atoms with Gasteiger partial charge in [-0.2, -0.15) is 8.42 Å². The van der Waals surface area contributed by atoms with Gasteiger partial charge in [-0.3, -0.25) is 9.35 Å². The Hall–Kier alpha value is -0.940. The Balaban J connectivity index is -0.00000160. The number of hydrogen-bond acceptors (Lipinski definition) is 8. The van der Waals surface area contributed by atoms with Gasteiger partial charge in [0, 0.05) is 11.1 Å². The molecular formula is C22H38CaO9S. The van der Waals surface area contributed by atoms with Gasteiger partial charge in [0.15, 0.2) is 0 Å². The van der Waals surface area contributed by atoms with Crippen LogP contribution in [-0.2, 0) is 38.7 Å². The van der Waals surface area contributed by atoms with Crippen LogP contribution in [0, 0.1) is 5.41 Å². The van der Waals surface area contributed by atoms with E-state index in [0.29, 0.717) is 6.42 Å². The molecule has 0 aromatic heterocycles. The Morgan fingerprint density at radius 2 is 1.39 bits per heavy atom. The first-order chi connectivity index (χ1) is 14.8.